The number of fused-ring (bicyclic) bond motifs is 2. The van der Waals surface area contributed by atoms with E-state index in [0.29, 0.717) is 6.04 Å². The van der Waals surface area contributed by atoms with Gasteiger partial charge in [-0.3, -0.25) is 0 Å². The number of hydrogen-bond acceptors (Lipinski definition) is 2. The van der Waals surface area contributed by atoms with Crippen molar-refractivity contribution in [3.05, 3.63) is 53.6 Å². The van der Waals surface area contributed by atoms with E-state index >= 15 is 0 Å². The lowest BCUT2D eigenvalue weighted by Crippen LogP contribution is -2.13. The highest BCUT2D eigenvalue weighted by atomic mass is 15.2. The van der Waals surface area contributed by atoms with Crippen LogP contribution in [0.5, 0.6) is 0 Å². The summed E-state index contributed by atoms with van der Waals surface area (Å²) in [6.07, 6.45) is 1.16. The lowest BCUT2D eigenvalue weighted by atomic mass is 10.0. The Balaban J connectivity index is 2.02. The summed E-state index contributed by atoms with van der Waals surface area (Å²) in [6, 6.07) is 15.7. The molecular formula is C16H16N2. The SMILES string of the molecule is C[C@@H]1Nc2ccccc2N2CCc3cccc1c32. The van der Waals surface area contributed by atoms with Crippen molar-refractivity contribution in [2.45, 2.75) is 19.4 Å². The first kappa shape index (κ1) is 10.0. The zero-order chi connectivity index (χ0) is 12.1. The van der Waals surface area contributed by atoms with Gasteiger partial charge in [0.15, 0.2) is 0 Å². The van der Waals surface area contributed by atoms with Crippen LogP contribution >= 0.6 is 0 Å². The number of nitrogens with zero attached hydrogens (tertiary/aromatic N) is 1. The molecule has 1 N–H and O–H groups in total. The van der Waals surface area contributed by atoms with E-state index in [2.05, 4.69) is 59.6 Å². The van der Waals surface area contributed by atoms with E-state index < -0.39 is 0 Å². The predicted molar refractivity (Wildman–Crippen MR) is 75.6 cm³/mol. The molecule has 18 heavy (non-hydrogen) atoms. The van der Waals surface area contributed by atoms with E-state index in [9.17, 15) is 0 Å². The highest BCUT2D eigenvalue weighted by molar-refractivity contribution is 5.84. The lowest BCUT2D eigenvalue weighted by Gasteiger charge is -2.21. The molecule has 0 aliphatic carbocycles. The number of para-hydroxylation sites is 3. The van der Waals surface area contributed by atoms with Crippen LogP contribution in [-0.4, -0.2) is 6.54 Å². The maximum Gasteiger partial charge on any atom is 0.0646 e. The van der Waals surface area contributed by atoms with Crippen molar-refractivity contribution in [1.82, 2.24) is 0 Å². The molecule has 2 aromatic carbocycles. The van der Waals surface area contributed by atoms with Crippen molar-refractivity contribution in [3.63, 3.8) is 0 Å². The van der Waals surface area contributed by atoms with Crippen LogP contribution in [0, 0.1) is 0 Å². The molecule has 2 aromatic rings. The summed E-state index contributed by atoms with van der Waals surface area (Å²) in [5.41, 5.74) is 6.89. The van der Waals surface area contributed by atoms with Crippen molar-refractivity contribution in [2.24, 2.45) is 0 Å². The van der Waals surface area contributed by atoms with Gasteiger partial charge in [-0.15, -0.1) is 0 Å². The average molecular weight is 236 g/mol. The highest BCUT2D eigenvalue weighted by Crippen LogP contribution is 2.45. The second kappa shape index (κ2) is 3.52. The van der Waals surface area contributed by atoms with Crippen LogP contribution in [0.15, 0.2) is 42.5 Å². The van der Waals surface area contributed by atoms with Crippen molar-refractivity contribution in [3.8, 4) is 0 Å². The quantitative estimate of drug-likeness (QED) is 0.747. The Morgan fingerprint density at radius 2 is 2.00 bits per heavy atom. The van der Waals surface area contributed by atoms with Crippen LogP contribution in [0.3, 0.4) is 0 Å². The van der Waals surface area contributed by atoms with E-state index in [1.54, 1.807) is 0 Å². The molecule has 0 radical (unpaired) electrons. The Morgan fingerprint density at radius 3 is 2.94 bits per heavy atom. The van der Waals surface area contributed by atoms with Gasteiger partial charge in [0.25, 0.3) is 0 Å². The molecule has 1 atom stereocenters. The first-order chi connectivity index (χ1) is 8.84. The second-order valence-electron chi connectivity index (χ2n) is 5.14. The van der Waals surface area contributed by atoms with Gasteiger partial charge in [0, 0.05) is 12.2 Å². The maximum absolute atomic E-state index is 3.63. The van der Waals surface area contributed by atoms with Crippen molar-refractivity contribution in [2.75, 3.05) is 16.8 Å². The Bertz CT molecular complexity index is 618. The molecule has 0 unspecified atom stereocenters. The van der Waals surface area contributed by atoms with Gasteiger partial charge in [0.2, 0.25) is 0 Å². The Labute approximate surface area is 107 Å². The Kier molecular flexibility index (Phi) is 1.95. The topological polar surface area (TPSA) is 15.3 Å². The van der Waals surface area contributed by atoms with Gasteiger partial charge in [-0.1, -0.05) is 30.3 Å². The van der Waals surface area contributed by atoms with Crippen molar-refractivity contribution in [1.29, 1.82) is 0 Å². The van der Waals surface area contributed by atoms with Crippen LogP contribution in [0.25, 0.3) is 0 Å². The molecule has 0 bridgehead atoms. The molecule has 0 spiro atoms. The zero-order valence-corrected chi connectivity index (χ0v) is 10.5. The third kappa shape index (κ3) is 1.23. The molecule has 2 aliphatic rings. The van der Waals surface area contributed by atoms with Gasteiger partial charge in [-0.25, -0.2) is 0 Å². The van der Waals surface area contributed by atoms with E-state index in [4.69, 9.17) is 0 Å². The fourth-order valence-corrected chi connectivity index (χ4v) is 3.22. The molecular weight excluding hydrogens is 220 g/mol. The largest absolute Gasteiger partial charge is 0.377 e. The van der Waals surface area contributed by atoms with Crippen LogP contribution in [0.1, 0.15) is 24.1 Å². The van der Waals surface area contributed by atoms with Crippen LogP contribution in [0.2, 0.25) is 0 Å². The van der Waals surface area contributed by atoms with Crippen molar-refractivity contribution >= 4 is 17.1 Å². The van der Waals surface area contributed by atoms with E-state index in [1.807, 2.05) is 0 Å². The summed E-state index contributed by atoms with van der Waals surface area (Å²) in [5, 5.41) is 3.63. The zero-order valence-electron chi connectivity index (χ0n) is 10.5. The van der Waals surface area contributed by atoms with Gasteiger partial charge in [-0.05, 0) is 36.6 Å². The smallest absolute Gasteiger partial charge is 0.0646 e. The standard InChI is InChI=1S/C16H16N2/c1-11-13-6-4-5-12-9-10-18(16(12)13)15-8-3-2-7-14(15)17-11/h2-8,11,17H,9-10H2,1H3/t11-/m0/s1. The molecule has 0 saturated carbocycles. The van der Waals surface area contributed by atoms with Crippen LogP contribution < -0.4 is 10.2 Å². The van der Waals surface area contributed by atoms with Crippen molar-refractivity contribution < 1.29 is 0 Å². The fourth-order valence-electron chi connectivity index (χ4n) is 3.22. The van der Waals surface area contributed by atoms with Crippen LogP contribution in [-0.2, 0) is 6.42 Å². The number of hydrogen-bond donors (Lipinski definition) is 1. The minimum Gasteiger partial charge on any atom is -0.377 e. The lowest BCUT2D eigenvalue weighted by molar-refractivity contribution is 0.892. The second-order valence-corrected chi connectivity index (χ2v) is 5.14. The van der Waals surface area contributed by atoms with E-state index in [1.165, 1.54) is 28.2 Å². The summed E-state index contributed by atoms with van der Waals surface area (Å²) in [6.45, 7) is 3.34. The molecule has 0 aromatic heterocycles. The molecule has 2 heteroatoms. The first-order valence-corrected chi connectivity index (χ1v) is 6.59. The highest BCUT2D eigenvalue weighted by Gasteiger charge is 2.29. The molecule has 0 fully saturated rings. The number of rotatable bonds is 0. The maximum atomic E-state index is 3.63. The summed E-state index contributed by atoms with van der Waals surface area (Å²) in [5.74, 6) is 0. The summed E-state index contributed by atoms with van der Waals surface area (Å²) >= 11 is 0. The molecule has 2 nitrogen and oxygen atoms in total. The minimum atomic E-state index is 0.365. The third-order valence-corrected chi connectivity index (χ3v) is 4.06. The van der Waals surface area contributed by atoms with Gasteiger partial charge in [0.1, 0.15) is 0 Å². The third-order valence-electron chi connectivity index (χ3n) is 4.06. The summed E-state index contributed by atoms with van der Waals surface area (Å²) < 4.78 is 0. The van der Waals surface area contributed by atoms with Gasteiger partial charge < -0.3 is 10.2 Å². The average Bonchev–Trinajstić information content (AvgIpc) is 2.77. The minimum absolute atomic E-state index is 0.365. The Morgan fingerprint density at radius 1 is 1.11 bits per heavy atom. The first-order valence-electron chi connectivity index (χ1n) is 6.59. The normalized spacial score (nSPS) is 19.8. The summed E-state index contributed by atoms with van der Waals surface area (Å²) in [7, 11) is 0. The predicted octanol–water partition coefficient (Wildman–Crippen LogP) is 3.87. The Hall–Kier alpha value is -1.96. The molecule has 0 amide bonds. The van der Waals surface area contributed by atoms with Gasteiger partial charge >= 0.3 is 0 Å². The monoisotopic (exact) mass is 236 g/mol. The number of benzene rings is 2. The molecule has 0 saturated heterocycles. The molecule has 90 valence electrons. The van der Waals surface area contributed by atoms with Gasteiger partial charge in [-0.2, -0.15) is 0 Å². The number of anilines is 3. The molecule has 2 aliphatic heterocycles. The van der Waals surface area contributed by atoms with Crippen LogP contribution in [0.4, 0.5) is 17.1 Å². The molecule has 4 rings (SSSR count). The summed E-state index contributed by atoms with van der Waals surface area (Å²) in [4.78, 5) is 2.47. The van der Waals surface area contributed by atoms with E-state index in [0.717, 1.165) is 13.0 Å². The van der Waals surface area contributed by atoms with E-state index in [-0.39, 0.29) is 0 Å². The van der Waals surface area contributed by atoms with Gasteiger partial charge in [0.05, 0.1) is 17.4 Å². The molecule has 2 heterocycles. The fraction of sp³-hybridized carbons (Fsp3) is 0.250. The number of nitrogens with one attached hydrogen (secondary N) is 1.